The van der Waals surface area contributed by atoms with E-state index in [2.05, 4.69) is 35.5 Å². The van der Waals surface area contributed by atoms with Crippen molar-refractivity contribution in [2.24, 2.45) is 5.16 Å². The van der Waals surface area contributed by atoms with E-state index in [0.717, 1.165) is 19.3 Å². The molecule has 0 aliphatic carbocycles. The highest BCUT2D eigenvalue weighted by Gasteiger charge is 1.98. The number of benzene rings is 1. The molecule has 0 saturated heterocycles. The number of aryl methyl sites for hydroxylation is 1. The number of hydrogen-bond donors (Lipinski definition) is 0. The Bertz CT molecular complexity index is 349. The average molecular weight is 268 g/mol. The number of rotatable bonds is 8. The molecule has 18 heavy (non-hydrogen) atoms. The molecule has 3 heteroatoms. The summed E-state index contributed by atoms with van der Waals surface area (Å²) < 4.78 is 0. The first-order valence-corrected chi connectivity index (χ1v) is 6.98. The average Bonchev–Trinajstić information content (AvgIpc) is 2.37. The lowest BCUT2D eigenvalue weighted by atomic mass is 10.1. The van der Waals surface area contributed by atoms with Gasteiger partial charge >= 0.3 is 0 Å². The van der Waals surface area contributed by atoms with Crippen molar-refractivity contribution < 1.29 is 4.84 Å². The van der Waals surface area contributed by atoms with Crippen molar-refractivity contribution in [2.45, 2.75) is 52.1 Å². The topological polar surface area (TPSA) is 21.6 Å². The quantitative estimate of drug-likeness (QED) is 0.378. The summed E-state index contributed by atoms with van der Waals surface area (Å²) in [5.74, 6) is 0. The van der Waals surface area contributed by atoms with Gasteiger partial charge in [-0.3, -0.25) is 0 Å². The minimum absolute atomic E-state index is 0.0943. The van der Waals surface area contributed by atoms with Crippen LogP contribution in [0.4, 0.5) is 0 Å². The van der Waals surface area contributed by atoms with Crippen molar-refractivity contribution in [2.75, 3.05) is 0 Å². The van der Waals surface area contributed by atoms with Gasteiger partial charge in [-0.25, -0.2) is 0 Å². The molecule has 0 saturated carbocycles. The highest BCUT2D eigenvalue weighted by Crippen LogP contribution is 2.09. The molecule has 2 nitrogen and oxygen atoms in total. The summed E-state index contributed by atoms with van der Waals surface area (Å²) in [6, 6.07) is 10.6. The zero-order chi connectivity index (χ0) is 13.2. The van der Waals surface area contributed by atoms with E-state index in [1.54, 1.807) is 0 Å². The van der Waals surface area contributed by atoms with E-state index in [4.69, 9.17) is 16.4 Å². The molecule has 1 aromatic carbocycles. The summed E-state index contributed by atoms with van der Waals surface area (Å²) >= 11 is 5.95. The third-order valence-electron chi connectivity index (χ3n) is 2.55. The Morgan fingerprint density at radius 3 is 2.56 bits per heavy atom. The van der Waals surface area contributed by atoms with Gasteiger partial charge in [0, 0.05) is 6.42 Å². The highest BCUT2D eigenvalue weighted by molar-refractivity contribution is 6.65. The molecule has 0 N–H and O–H groups in total. The molecule has 100 valence electrons. The first kappa shape index (κ1) is 15.0. The van der Waals surface area contributed by atoms with Gasteiger partial charge in [0.15, 0.2) is 0 Å². The molecular weight excluding hydrogens is 246 g/mol. The largest absolute Gasteiger partial charge is 0.392 e. The number of hydrogen-bond acceptors (Lipinski definition) is 2. The molecule has 1 aromatic rings. The predicted octanol–water partition coefficient (Wildman–Crippen LogP) is 4.77. The zero-order valence-corrected chi connectivity index (χ0v) is 12.0. The summed E-state index contributed by atoms with van der Waals surface area (Å²) in [7, 11) is 0. The van der Waals surface area contributed by atoms with Crippen LogP contribution in [-0.4, -0.2) is 11.3 Å². The summed E-state index contributed by atoms with van der Waals surface area (Å²) in [6.45, 7) is 3.88. The van der Waals surface area contributed by atoms with Gasteiger partial charge in [-0.1, -0.05) is 53.5 Å². The maximum Gasteiger partial charge on any atom is 0.145 e. The van der Waals surface area contributed by atoms with Crippen LogP contribution < -0.4 is 0 Å². The van der Waals surface area contributed by atoms with E-state index in [1.165, 1.54) is 18.4 Å². The summed E-state index contributed by atoms with van der Waals surface area (Å²) in [5, 5.41) is 4.43. The zero-order valence-electron chi connectivity index (χ0n) is 11.2. The Morgan fingerprint density at radius 1 is 1.17 bits per heavy atom. The first-order chi connectivity index (χ1) is 8.68. The van der Waals surface area contributed by atoms with Gasteiger partial charge in [-0.05, 0) is 38.7 Å². The second-order valence-corrected chi connectivity index (χ2v) is 5.10. The lowest BCUT2D eigenvalue weighted by Gasteiger charge is -2.03. The predicted molar refractivity (Wildman–Crippen MR) is 78.1 cm³/mol. The third kappa shape index (κ3) is 7.33. The normalized spacial score (nSPS) is 11.9. The van der Waals surface area contributed by atoms with Crippen molar-refractivity contribution in [3.8, 4) is 0 Å². The lowest BCUT2D eigenvalue weighted by molar-refractivity contribution is 0.0862. The van der Waals surface area contributed by atoms with E-state index in [0.29, 0.717) is 5.17 Å². The third-order valence-corrected chi connectivity index (χ3v) is 2.81. The second-order valence-electron chi connectivity index (χ2n) is 4.67. The van der Waals surface area contributed by atoms with Crippen LogP contribution in [0.2, 0.25) is 0 Å². The Labute approximate surface area is 115 Å². The minimum atomic E-state index is 0.0943. The van der Waals surface area contributed by atoms with E-state index in [-0.39, 0.29) is 6.10 Å². The molecule has 0 spiro atoms. The monoisotopic (exact) mass is 267 g/mol. The van der Waals surface area contributed by atoms with Crippen molar-refractivity contribution in [3.63, 3.8) is 0 Å². The molecule has 0 atom stereocenters. The standard InChI is InChI=1S/C15H22ClNO/c1-13(2)18-17-15(16)12-8-4-7-11-14-9-5-3-6-10-14/h3,5-6,9-10,13H,4,7-8,11-12H2,1-2H3. The molecule has 0 fully saturated rings. The van der Waals surface area contributed by atoms with Gasteiger partial charge in [-0.2, -0.15) is 0 Å². The van der Waals surface area contributed by atoms with Gasteiger partial charge in [0.2, 0.25) is 0 Å². The summed E-state index contributed by atoms with van der Waals surface area (Å²) in [6.07, 6.45) is 5.47. The lowest BCUT2D eigenvalue weighted by Crippen LogP contribution is -1.98. The fourth-order valence-corrected chi connectivity index (χ4v) is 1.80. The molecular formula is C15H22ClNO. The van der Waals surface area contributed by atoms with E-state index >= 15 is 0 Å². The molecule has 0 bridgehead atoms. The van der Waals surface area contributed by atoms with Crippen LogP contribution in [-0.2, 0) is 11.3 Å². The summed E-state index contributed by atoms with van der Waals surface area (Å²) in [4.78, 5) is 5.09. The van der Waals surface area contributed by atoms with Crippen LogP contribution in [0.5, 0.6) is 0 Å². The van der Waals surface area contributed by atoms with Crippen LogP contribution in [0.3, 0.4) is 0 Å². The fraction of sp³-hybridized carbons (Fsp3) is 0.533. The molecule has 0 radical (unpaired) electrons. The van der Waals surface area contributed by atoms with Gasteiger partial charge in [0.05, 0.1) is 0 Å². The van der Waals surface area contributed by atoms with Gasteiger partial charge in [0.1, 0.15) is 11.3 Å². The molecule has 0 amide bonds. The number of nitrogens with zero attached hydrogens (tertiary/aromatic N) is 1. The molecule has 0 unspecified atom stereocenters. The highest BCUT2D eigenvalue weighted by atomic mass is 35.5. The van der Waals surface area contributed by atoms with Crippen LogP contribution in [0.1, 0.15) is 45.1 Å². The van der Waals surface area contributed by atoms with Gasteiger partial charge < -0.3 is 4.84 Å². The number of halogens is 1. The van der Waals surface area contributed by atoms with E-state index < -0.39 is 0 Å². The molecule has 0 aliphatic heterocycles. The summed E-state index contributed by atoms with van der Waals surface area (Å²) in [5.41, 5.74) is 1.40. The smallest absolute Gasteiger partial charge is 0.145 e. The Morgan fingerprint density at radius 2 is 1.89 bits per heavy atom. The van der Waals surface area contributed by atoms with Gasteiger partial charge in [0.25, 0.3) is 0 Å². The second kappa shape index (κ2) is 8.98. The Hall–Kier alpha value is -1.02. The van der Waals surface area contributed by atoms with E-state index in [9.17, 15) is 0 Å². The van der Waals surface area contributed by atoms with Gasteiger partial charge in [-0.15, -0.1) is 0 Å². The van der Waals surface area contributed by atoms with E-state index in [1.807, 2.05) is 13.8 Å². The maximum atomic E-state index is 5.95. The first-order valence-electron chi connectivity index (χ1n) is 6.60. The van der Waals surface area contributed by atoms with Crippen molar-refractivity contribution in [1.82, 2.24) is 0 Å². The van der Waals surface area contributed by atoms with Crippen molar-refractivity contribution in [3.05, 3.63) is 35.9 Å². The molecule has 1 rings (SSSR count). The van der Waals surface area contributed by atoms with Crippen molar-refractivity contribution >= 4 is 16.8 Å². The molecule has 0 aliphatic rings. The fourth-order valence-electron chi connectivity index (χ4n) is 1.63. The minimum Gasteiger partial charge on any atom is -0.392 e. The van der Waals surface area contributed by atoms with Crippen LogP contribution >= 0.6 is 11.6 Å². The SMILES string of the molecule is CC(C)ON=C(Cl)CCCCCc1ccccc1. The molecule has 0 aromatic heterocycles. The van der Waals surface area contributed by atoms with Crippen molar-refractivity contribution in [1.29, 1.82) is 0 Å². The van der Waals surface area contributed by atoms with Crippen LogP contribution in [0.25, 0.3) is 0 Å². The van der Waals surface area contributed by atoms with Crippen LogP contribution in [0, 0.1) is 0 Å². The maximum absolute atomic E-state index is 5.95. The van der Waals surface area contributed by atoms with Crippen LogP contribution in [0.15, 0.2) is 35.5 Å². The number of oxime groups is 1. The molecule has 0 heterocycles. The number of unbranched alkanes of at least 4 members (excludes halogenated alkanes) is 2. The Balaban J connectivity index is 2.07. The Kier molecular flexibility index (Phi) is 7.51.